The summed E-state index contributed by atoms with van der Waals surface area (Å²) in [7, 11) is 1.47. The first-order valence-corrected chi connectivity index (χ1v) is 5.74. The van der Waals surface area contributed by atoms with Gasteiger partial charge in [-0.1, -0.05) is 13.8 Å². The van der Waals surface area contributed by atoms with Crippen molar-refractivity contribution in [3.05, 3.63) is 0 Å². The number of ether oxygens (including phenoxy) is 1. The van der Waals surface area contributed by atoms with Gasteiger partial charge >= 0.3 is 6.01 Å². The molecule has 1 atom stereocenters. The zero-order chi connectivity index (χ0) is 13.5. The van der Waals surface area contributed by atoms with Crippen molar-refractivity contribution in [1.29, 1.82) is 0 Å². The first kappa shape index (κ1) is 14.4. The Morgan fingerprint density at radius 3 is 2.44 bits per heavy atom. The van der Waals surface area contributed by atoms with Crippen molar-refractivity contribution in [1.82, 2.24) is 15.0 Å². The van der Waals surface area contributed by atoms with Crippen molar-refractivity contribution in [2.24, 2.45) is 11.8 Å². The number of nitrogens with one attached hydrogen (secondary N) is 2. The van der Waals surface area contributed by atoms with E-state index in [2.05, 4.69) is 25.7 Å². The number of hydrazine groups is 1. The van der Waals surface area contributed by atoms with Crippen LogP contribution in [0.1, 0.15) is 20.3 Å². The Hall–Kier alpha value is -1.67. The highest BCUT2D eigenvalue weighted by atomic mass is 16.5. The number of aliphatic hydroxyl groups is 1. The van der Waals surface area contributed by atoms with Gasteiger partial charge in [-0.25, -0.2) is 5.84 Å². The highest BCUT2D eigenvalue weighted by Gasteiger charge is 2.15. The third-order valence-electron chi connectivity index (χ3n) is 2.49. The molecule has 1 unspecified atom stereocenters. The average molecular weight is 256 g/mol. The van der Waals surface area contributed by atoms with Crippen LogP contribution >= 0.6 is 0 Å². The zero-order valence-corrected chi connectivity index (χ0v) is 10.8. The predicted molar refractivity (Wildman–Crippen MR) is 68.1 cm³/mol. The predicted octanol–water partition coefficient (Wildman–Crippen LogP) is -0.0153. The maximum atomic E-state index is 9.01. The van der Waals surface area contributed by atoms with Gasteiger partial charge in [-0.3, -0.25) is 5.43 Å². The highest BCUT2D eigenvalue weighted by molar-refractivity contribution is 5.35. The average Bonchev–Trinajstić information content (AvgIpc) is 2.37. The number of methoxy groups -OCH3 is 1. The summed E-state index contributed by atoms with van der Waals surface area (Å²) in [6, 6.07) is 0.236. The maximum Gasteiger partial charge on any atom is 0.322 e. The maximum absolute atomic E-state index is 9.01. The lowest BCUT2D eigenvalue weighted by molar-refractivity contribution is 0.267. The first-order valence-electron chi connectivity index (χ1n) is 5.74. The molecule has 0 saturated carbocycles. The lowest BCUT2D eigenvalue weighted by Gasteiger charge is -2.21. The molecule has 8 nitrogen and oxygen atoms in total. The summed E-state index contributed by atoms with van der Waals surface area (Å²) >= 11 is 0. The van der Waals surface area contributed by atoms with Crippen LogP contribution in [-0.4, -0.2) is 39.8 Å². The van der Waals surface area contributed by atoms with Crippen LogP contribution in [0.15, 0.2) is 0 Å². The first-order chi connectivity index (χ1) is 8.60. The Kier molecular flexibility index (Phi) is 5.53. The van der Waals surface area contributed by atoms with Gasteiger partial charge in [0.25, 0.3) is 0 Å². The third-order valence-corrected chi connectivity index (χ3v) is 2.49. The smallest absolute Gasteiger partial charge is 0.322 e. The lowest BCUT2D eigenvalue weighted by atomic mass is 10.0. The molecule has 0 saturated heterocycles. The van der Waals surface area contributed by atoms with Crippen molar-refractivity contribution in [3.8, 4) is 6.01 Å². The molecular formula is C10H20N6O2. The van der Waals surface area contributed by atoms with Crippen LogP contribution in [0.2, 0.25) is 0 Å². The fraction of sp³-hybridized carbons (Fsp3) is 0.700. The molecule has 8 heteroatoms. The zero-order valence-electron chi connectivity index (χ0n) is 10.8. The number of nitrogens with zero attached hydrogens (tertiary/aromatic N) is 3. The van der Waals surface area contributed by atoms with Crippen LogP contribution in [0.25, 0.3) is 0 Å². The minimum atomic E-state index is 0.0627. The summed E-state index contributed by atoms with van der Waals surface area (Å²) in [5, 5.41) is 12.1. The van der Waals surface area contributed by atoms with Crippen molar-refractivity contribution >= 4 is 11.9 Å². The number of nitrogens with two attached hydrogens (primary N) is 1. The van der Waals surface area contributed by atoms with Crippen molar-refractivity contribution in [3.63, 3.8) is 0 Å². The van der Waals surface area contributed by atoms with E-state index in [9.17, 15) is 0 Å². The molecule has 0 bridgehead atoms. The summed E-state index contributed by atoms with van der Waals surface area (Å²) < 4.78 is 4.95. The van der Waals surface area contributed by atoms with E-state index in [4.69, 9.17) is 15.7 Å². The molecule has 0 aliphatic heterocycles. The number of aliphatic hydroxyl groups excluding tert-OH is 1. The second-order valence-electron chi connectivity index (χ2n) is 4.12. The molecule has 0 aromatic carbocycles. The van der Waals surface area contributed by atoms with Crippen LogP contribution < -0.4 is 21.3 Å². The van der Waals surface area contributed by atoms with Gasteiger partial charge in [-0.05, 0) is 12.3 Å². The molecule has 0 spiro atoms. The Balaban J connectivity index is 2.87. The second-order valence-corrected chi connectivity index (χ2v) is 4.12. The molecule has 0 aliphatic carbocycles. The standard InChI is InChI=1S/C10H20N6O2/c1-6(2)7(4-5-17)12-8-13-9(16-11)15-10(14-8)18-3/h6-7,17H,4-5,11H2,1-3H3,(H2,12,13,14,15,16). The third kappa shape index (κ3) is 3.97. The van der Waals surface area contributed by atoms with Crippen molar-refractivity contribution in [2.45, 2.75) is 26.3 Å². The monoisotopic (exact) mass is 256 g/mol. The molecule has 102 valence electrons. The van der Waals surface area contributed by atoms with E-state index in [0.29, 0.717) is 18.3 Å². The summed E-state index contributed by atoms with van der Waals surface area (Å²) in [4.78, 5) is 12.0. The van der Waals surface area contributed by atoms with Gasteiger partial charge < -0.3 is 15.2 Å². The number of anilines is 2. The van der Waals surface area contributed by atoms with E-state index in [1.165, 1.54) is 7.11 Å². The van der Waals surface area contributed by atoms with Crippen LogP contribution in [0.3, 0.4) is 0 Å². The minimum absolute atomic E-state index is 0.0627. The van der Waals surface area contributed by atoms with Gasteiger partial charge in [0, 0.05) is 12.6 Å². The van der Waals surface area contributed by atoms with E-state index in [-0.39, 0.29) is 24.6 Å². The van der Waals surface area contributed by atoms with Crippen LogP contribution in [-0.2, 0) is 0 Å². The molecule has 1 heterocycles. The molecule has 1 aromatic rings. The highest BCUT2D eigenvalue weighted by Crippen LogP contribution is 2.15. The second kappa shape index (κ2) is 6.92. The number of hydrogen-bond acceptors (Lipinski definition) is 8. The van der Waals surface area contributed by atoms with E-state index in [1.807, 2.05) is 13.8 Å². The molecule has 1 aromatic heterocycles. The number of nitrogen functional groups attached to an aromatic ring is 1. The van der Waals surface area contributed by atoms with Gasteiger partial charge in [0.05, 0.1) is 7.11 Å². The molecule has 0 aliphatic rings. The van der Waals surface area contributed by atoms with E-state index < -0.39 is 0 Å². The lowest BCUT2D eigenvalue weighted by Crippen LogP contribution is -2.28. The molecule has 0 fully saturated rings. The number of rotatable bonds is 7. The van der Waals surface area contributed by atoms with Crippen LogP contribution in [0.5, 0.6) is 6.01 Å². The largest absolute Gasteiger partial charge is 0.467 e. The van der Waals surface area contributed by atoms with Crippen molar-refractivity contribution in [2.75, 3.05) is 24.5 Å². The summed E-state index contributed by atoms with van der Waals surface area (Å²) in [5.41, 5.74) is 2.34. The molecular weight excluding hydrogens is 236 g/mol. The Morgan fingerprint density at radius 1 is 1.28 bits per heavy atom. The quantitative estimate of drug-likeness (QED) is 0.397. The Bertz CT molecular complexity index is 351. The van der Waals surface area contributed by atoms with Gasteiger partial charge in [-0.2, -0.15) is 15.0 Å². The number of aromatic nitrogens is 3. The van der Waals surface area contributed by atoms with Gasteiger partial charge in [-0.15, -0.1) is 0 Å². The van der Waals surface area contributed by atoms with Gasteiger partial charge in [0.2, 0.25) is 11.9 Å². The molecule has 0 radical (unpaired) electrons. The minimum Gasteiger partial charge on any atom is -0.467 e. The molecule has 1 rings (SSSR count). The van der Waals surface area contributed by atoms with E-state index >= 15 is 0 Å². The fourth-order valence-electron chi connectivity index (χ4n) is 1.45. The SMILES string of the molecule is COc1nc(NN)nc(NC(CCO)C(C)C)n1. The topological polar surface area (TPSA) is 118 Å². The normalized spacial score (nSPS) is 12.3. The van der Waals surface area contributed by atoms with Crippen LogP contribution in [0.4, 0.5) is 11.9 Å². The van der Waals surface area contributed by atoms with E-state index in [1.54, 1.807) is 0 Å². The molecule has 5 N–H and O–H groups in total. The van der Waals surface area contributed by atoms with Gasteiger partial charge in [0.1, 0.15) is 0 Å². The Labute approximate surface area is 106 Å². The summed E-state index contributed by atoms with van der Waals surface area (Å²) in [5.74, 6) is 6.17. The Morgan fingerprint density at radius 2 is 1.94 bits per heavy atom. The van der Waals surface area contributed by atoms with Crippen LogP contribution in [0, 0.1) is 5.92 Å². The summed E-state index contributed by atoms with van der Waals surface area (Å²) in [6.45, 7) is 4.20. The molecule has 0 amide bonds. The van der Waals surface area contributed by atoms with Gasteiger partial charge in [0.15, 0.2) is 0 Å². The summed E-state index contributed by atoms with van der Waals surface area (Å²) in [6.07, 6.45) is 0.608. The molecule has 18 heavy (non-hydrogen) atoms. The van der Waals surface area contributed by atoms with E-state index in [0.717, 1.165) is 0 Å². The number of hydrogen-bond donors (Lipinski definition) is 4. The van der Waals surface area contributed by atoms with Crippen molar-refractivity contribution < 1.29 is 9.84 Å². The fourth-order valence-corrected chi connectivity index (χ4v) is 1.45.